The molecule has 0 fully saturated rings. The third kappa shape index (κ3) is 2.83. The Morgan fingerprint density at radius 2 is 2.12 bits per heavy atom. The molecule has 0 unspecified atom stereocenters. The number of carbonyl (C=O) groups is 1. The van der Waals surface area contributed by atoms with Gasteiger partial charge in [0.15, 0.2) is 11.5 Å². The number of aryl methyl sites for hydroxylation is 1. The molecule has 4 aromatic rings. The maximum absolute atomic E-state index is 13.4. The molecule has 0 radical (unpaired) electrons. The summed E-state index contributed by atoms with van der Waals surface area (Å²) in [4.78, 5) is 21.6. The standard InChI is InChI=1S/C19H16FN5O/c1-2-24-11-15(21-12-24)18-23-17(16-8-3-4-9-25(16)18)19(26)22-14-7-5-6-13(20)10-14/h3-12H,2H2,1H3,(H,22,26). The van der Waals surface area contributed by atoms with Gasteiger partial charge in [0.1, 0.15) is 11.5 Å². The van der Waals surface area contributed by atoms with Crippen LogP contribution >= 0.6 is 0 Å². The lowest BCUT2D eigenvalue weighted by Crippen LogP contribution is -2.13. The first kappa shape index (κ1) is 16.0. The van der Waals surface area contributed by atoms with E-state index in [4.69, 9.17) is 0 Å². The van der Waals surface area contributed by atoms with Crippen LogP contribution in [0.1, 0.15) is 17.4 Å². The molecule has 0 saturated carbocycles. The largest absolute Gasteiger partial charge is 0.337 e. The average molecular weight is 349 g/mol. The van der Waals surface area contributed by atoms with E-state index >= 15 is 0 Å². The van der Waals surface area contributed by atoms with Crippen LogP contribution in [0.3, 0.4) is 0 Å². The number of amides is 1. The molecule has 1 N–H and O–H groups in total. The van der Waals surface area contributed by atoms with Gasteiger partial charge >= 0.3 is 0 Å². The van der Waals surface area contributed by atoms with Crippen molar-refractivity contribution in [2.75, 3.05) is 5.32 Å². The van der Waals surface area contributed by atoms with Crippen LogP contribution in [0.15, 0.2) is 61.2 Å². The molecule has 3 aromatic heterocycles. The molecule has 0 saturated heterocycles. The van der Waals surface area contributed by atoms with Gasteiger partial charge in [-0.1, -0.05) is 12.1 Å². The molecule has 0 aliphatic carbocycles. The molecule has 0 aliphatic heterocycles. The van der Waals surface area contributed by atoms with Crippen molar-refractivity contribution >= 4 is 17.1 Å². The number of nitrogens with zero attached hydrogens (tertiary/aromatic N) is 4. The van der Waals surface area contributed by atoms with Crippen LogP contribution < -0.4 is 5.32 Å². The molecule has 1 amide bonds. The highest BCUT2D eigenvalue weighted by atomic mass is 19.1. The molecule has 7 heteroatoms. The van der Waals surface area contributed by atoms with Gasteiger partial charge in [-0.15, -0.1) is 0 Å². The van der Waals surface area contributed by atoms with Crippen LogP contribution in [0.5, 0.6) is 0 Å². The number of imidazole rings is 2. The van der Waals surface area contributed by atoms with Crippen LogP contribution in [0.25, 0.3) is 17.0 Å². The van der Waals surface area contributed by atoms with Crippen molar-refractivity contribution in [3.05, 3.63) is 72.7 Å². The Morgan fingerprint density at radius 1 is 1.23 bits per heavy atom. The van der Waals surface area contributed by atoms with Crippen molar-refractivity contribution in [3.8, 4) is 11.5 Å². The monoisotopic (exact) mass is 349 g/mol. The van der Waals surface area contributed by atoms with E-state index in [-0.39, 0.29) is 5.69 Å². The van der Waals surface area contributed by atoms with E-state index < -0.39 is 11.7 Å². The lowest BCUT2D eigenvalue weighted by atomic mass is 10.2. The Balaban J connectivity index is 1.76. The van der Waals surface area contributed by atoms with E-state index in [1.807, 2.05) is 46.5 Å². The van der Waals surface area contributed by atoms with Gasteiger partial charge in [-0.3, -0.25) is 9.20 Å². The van der Waals surface area contributed by atoms with Gasteiger partial charge in [0.05, 0.1) is 11.8 Å². The number of nitrogens with one attached hydrogen (secondary N) is 1. The molecular weight excluding hydrogens is 333 g/mol. The van der Waals surface area contributed by atoms with E-state index in [1.54, 1.807) is 18.5 Å². The van der Waals surface area contributed by atoms with Crippen LogP contribution in [-0.2, 0) is 6.54 Å². The number of halogens is 1. The maximum Gasteiger partial charge on any atom is 0.276 e. The zero-order valence-electron chi connectivity index (χ0n) is 14.1. The van der Waals surface area contributed by atoms with Crippen molar-refractivity contribution in [1.29, 1.82) is 0 Å². The van der Waals surface area contributed by atoms with E-state index in [2.05, 4.69) is 15.3 Å². The van der Waals surface area contributed by atoms with Crippen LogP contribution in [-0.4, -0.2) is 24.8 Å². The van der Waals surface area contributed by atoms with Crippen LogP contribution in [0.2, 0.25) is 0 Å². The molecule has 130 valence electrons. The van der Waals surface area contributed by atoms with Gasteiger partial charge in [-0.25, -0.2) is 14.4 Å². The summed E-state index contributed by atoms with van der Waals surface area (Å²) in [5.41, 5.74) is 1.97. The predicted molar refractivity (Wildman–Crippen MR) is 96.4 cm³/mol. The highest BCUT2D eigenvalue weighted by Crippen LogP contribution is 2.22. The molecule has 26 heavy (non-hydrogen) atoms. The molecule has 0 bridgehead atoms. The third-order valence-electron chi connectivity index (χ3n) is 4.07. The molecule has 4 rings (SSSR count). The van der Waals surface area contributed by atoms with Crippen molar-refractivity contribution in [2.24, 2.45) is 0 Å². The number of hydrogen-bond donors (Lipinski definition) is 1. The summed E-state index contributed by atoms with van der Waals surface area (Å²) in [7, 11) is 0. The minimum Gasteiger partial charge on any atom is -0.337 e. The number of benzene rings is 1. The number of anilines is 1. The van der Waals surface area contributed by atoms with Crippen LogP contribution in [0.4, 0.5) is 10.1 Å². The highest BCUT2D eigenvalue weighted by molar-refractivity contribution is 6.08. The van der Waals surface area contributed by atoms with E-state index in [0.29, 0.717) is 22.7 Å². The first-order valence-corrected chi connectivity index (χ1v) is 8.22. The van der Waals surface area contributed by atoms with Crippen molar-refractivity contribution in [1.82, 2.24) is 18.9 Å². The SMILES string of the molecule is CCn1cnc(-c2nc(C(=O)Nc3cccc(F)c3)c3ccccn23)c1. The van der Waals surface area contributed by atoms with Gasteiger partial charge < -0.3 is 9.88 Å². The fourth-order valence-corrected chi connectivity index (χ4v) is 2.79. The van der Waals surface area contributed by atoms with Gasteiger partial charge in [0.25, 0.3) is 5.91 Å². The zero-order chi connectivity index (χ0) is 18.1. The fraction of sp³-hybridized carbons (Fsp3) is 0.105. The molecule has 1 aromatic carbocycles. The zero-order valence-corrected chi connectivity index (χ0v) is 14.1. The maximum atomic E-state index is 13.4. The molecule has 0 atom stereocenters. The summed E-state index contributed by atoms with van der Waals surface area (Å²) < 4.78 is 17.1. The average Bonchev–Trinajstić information content (AvgIpc) is 3.26. The summed E-state index contributed by atoms with van der Waals surface area (Å²) in [6.45, 7) is 2.82. The van der Waals surface area contributed by atoms with Crippen molar-refractivity contribution in [3.63, 3.8) is 0 Å². The molecular formula is C19H16FN5O. The highest BCUT2D eigenvalue weighted by Gasteiger charge is 2.19. The summed E-state index contributed by atoms with van der Waals surface area (Å²) in [6.07, 6.45) is 5.45. The van der Waals surface area contributed by atoms with Crippen molar-refractivity contribution < 1.29 is 9.18 Å². The molecule has 3 heterocycles. The summed E-state index contributed by atoms with van der Waals surface area (Å²) in [5.74, 6) is -0.235. The second-order valence-electron chi connectivity index (χ2n) is 5.79. The molecule has 0 spiro atoms. The fourth-order valence-electron chi connectivity index (χ4n) is 2.79. The summed E-state index contributed by atoms with van der Waals surface area (Å²) in [6, 6.07) is 11.3. The van der Waals surface area contributed by atoms with Gasteiger partial charge in [0, 0.05) is 24.6 Å². The second kappa shape index (κ2) is 6.44. The summed E-state index contributed by atoms with van der Waals surface area (Å²) >= 11 is 0. The Labute approximate surface area is 148 Å². The van der Waals surface area contributed by atoms with E-state index in [1.165, 1.54) is 12.1 Å². The Bertz CT molecular complexity index is 1100. The minimum atomic E-state index is -0.414. The minimum absolute atomic E-state index is 0.260. The van der Waals surface area contributed by atoms with Gasteiger partial charge in [-0.2, -0.15) is 0 Å². The lowest BCUT2D eigenvalue weighted by Gasteiger charge is -2.03. The summed E-state index contributed by atoms with van der Waals surface area (Å²) in [5, 5.41) is 2.69. The molecule has 6 nitrogen and oxygen atoms in total. The number of aromatic nitrogens is 4. The first-order valence-electron chi connectivity index (χ1n) is 8.22. The van der Waals surface area contributed by atoms with E-state index in [9.17, 15) is 9.18 Å². The smallest absolute Gasteiger partial charge is 0.276 e. The normalized spacial score (nSPS) is 11.0. The van der Waals surface area contributed by atoms with Crippen molar-refractivity contribution in [2.45, 2.75) is 13.5 Å². The number of pyridine rings is 1. The van der Waals surface area contributed by atoms with Gasteiger partial charge in [0.2, 0.25) is 0 Å². The number of fused-ring (bicyclic) bond motifs is 1. The van der Waals surface area contributed by atoms with E-state index in [0.717, 1.165) is 6.54 Å². The molecule has 0 aliphatic rings. The topological polar surface area (TPSA) is 64.2 Å². The lowest BCUT2D eigenvalue weighted by molar-refractivity contribution is 0.102. The number of carbonyl (C=O) groups excluding carboxylic acids is 1. The predicted octanol–water partition coefficient (Wildman–Crippen LogP) is 3.61. The quantitative estimate of drug-likeness (QED) is 0.612. The Morgan fingerprint density at radius 3 is 2.88 bits per heavy atom. The van der Waals surface area contributed by atoms with Gasteiger partial charge in [-0.05, 0) is 37.3 Å². The second-order valence-corrected chi connectivity index (χ2v) is 5.79. The Kier molecular flexibility index (Phi) is 3.96. The third-order valence-corrected chi connectivity index (χ3v) is 4.07. The number of rotatable bonds is 4. The first-order chi connectivity index (χ1) is 12.7. The van der Waals surface area contributed by atoms with Crippen LogP contribution in [0, 0.1) is 5.82 Å². The number of hydrogen-bond acceptors (Lipinski definition) is 3. The Hall–Kier alpha value is -3.48.